The van der Waals surface area contributed by atoms with Gasteiger partial charge in [-0.05, 0) is 37.0 Å². The Balaban J connectivity index is 1.67. The number of carboxylic acids is 1. The van der Waals surface area contributed by atoms with Crippen LogP contribution in [-0.2, 0) is 20.0 Å². The number of aromatic carboxylic acids is 1. The SMILES string of the molecule is Cn1cc2c(n1)CCCC2NCc1ccc(C(=O)O)cc1. The highest BCUT2D eigenvalue weighted by atomic mass is 16.4. The van der Waals surface area contributed by atoms with Crippen molar-refractivity contribution in [3.05, 3.63) is 52.8 Å². The third-order valence-electron chi connectivity index (χ3n) is 3.97. The molecule has 0 fully saturated rings. The standard InChI is InChI=1S/C16H19N3O2/c1-19-10-13-14(3-2-4-15(13)18-19)17-9-11-5-7-12(8-6-11)16(20)21/h5-8,10,14,17H,2-4,9H2,1H3,(H,20,21). The van der Waals surface area contributed by atoms with Crippen LogP contribution in [-0.4, -0.2) is 20.9 Å². The highest BCUT2D eigenvalue weighted by Crippen LogP contribution is 2.28. The zero-order valence-corrected chi connectivity index (χ0v) is 12.0. The molecule has 5 heteroatoms. The number of hydrogen-bond acceptors (Lipinski definition) is 3. The predicted octanol–water partition coefficient (Wildman–Crippen LogP) is 2.29. The summed E-state index contributed by atoms with van der Waals surface area (Å²) in [6, 6.07) is 7.36. The molecule has 0 radical (unpaired) electrons. The van der Waals surface area contributed by atoms with Gasteiger partial charge in [0.2, 0.25) is 0 Å². The fraction of sp³-hybridized carbons (Fsp3) is 0.375. The minimum absolute atomic E-state index is 0.325. The second-order valence-electron chi connectivity index (χ2n) is 5.53. The lowest BCUT2D eigenvalue weighted by Crippen LogP contribution is -2.24. The van der Waals surface area contributed by atoms with Crippen LogP contribution in [0.25, 0.3) is 0 Å². The minimum Gasteiger partial charge on any atom is -0.478 e. The Kier molecular flexibility index (Phi) is 3.75. The van der Waals surface area contributed by atoms with E-state index >= 15 is 0 Å². The maximum atomic E-state index is 10.8. The van der Waals surface area contributed by atoms with E-state index in [-0.39, 0.29) is 0 Å². The van der Waals surface area contributed by atoms with Crippen molar-refractivity contribution >= 4 is 5.97 Å². The van der Waals surface area contributed by atoms with Crippen molar-refractivity contribution in [2.24, 2.45) is 7.05 Å². The molecule has 0 saturated carbocycles. The van der Waals surface area contributed by atoms with E-state index in [1.54, 1.807) is 12.1 Å². The summed E-state index contributed by atoms with van der Waals surface area (Å²) in [5.41, 5.74) is 3.91. The third-order valence-corrected chi connectivity index (χ3v) is 3.97. The molecule has 5 nitrogen and oxygen atoms in total. The Morgan fingerprint density at radius 2 is 2.19 bits per heavy atom. The summed E-state index contributed by atoms with van der Waals surface area (Å²) < 4.78 is 1.88. The van der Waals surface area contributed by atoms with Crippen LogP contribution in [0.1, 0.15) is 46.1 Å². The van der Waals surface area contributed by atoms with Crippen LogP contribution in [0.15, 0.2) is 30.5 Å². The molecule has 0 amide bonds. The van der Waals surface area contributed by atoms with Crippen molar-refractivity contribution in [2.45, 2.75) is 31.8 Å². The molecule has 1 aliphatic carbocycles. The van der Waals surface area contributed by atoms with E-state index in [9.17, 15) is 4.79 Å². The van der Waals surface area contributed by atoms with E-state index in [4.69, 9.17) is 5.11 Å². The Labute approximate surface area is 123 Å². The predicted molar refractivity (Wildman–Crippen MR) is 79.1 cm³/mol. The Morgan fingerprint density at radius 1 is 1.43 bits per heavy atom. The molecular formula is C16H19N3O2. The van der Waals surface area contributed by atoms with Crippen molar-refractivity contribution in [2.75, 3.05) is 0 Å². The average molecular weight is 285 g/mol. The molecule has 1 aromatic heterocycles. The topological polar surface area (TPSA) is 67.2 Å². The number of hydrogen-bond donors (Lipinski definition) is 2. The molecule has 21 heavy (non-hydrogen) atoms. The molecule has 3 rings (SSSR count). The van der Waals surface area contributed by atoms with E-state index in [0.29, 0.717) is 11.6 Å². The zero-order chi connectivity index (χ0) is 14.8. The van der Waals surface area contributed by atoms with Crippen LogP contribution >= 0.6 is 0 Å². The van der Waals surface area contributed by atoms with Gasteiger partial charge in [-0.1, -0.05) is 12.1 Å². The van der Waals surface area contributed by atoms with Gasteiger partial charge in [-0.2, -0.15) is 5.10 Å². The molecule has 2 aromatic rings. The lowest BCUT2D eigenvalue weighted by molar-refractivity contribution is 0.0697. The second kappa shape index (κ2) is 5.69. The number of fused-ring (bicyclic) bond motifs is 1. The van der Waals surface area contributed by atoms with Gasteiger partial charge in [0.15, 0.2) is 0 Å². The number of nitrogens with one attached hydrogen (secondary N) is 1. The molecule has 0 spiro atoms. The first-order valence-corrected chi connectivity index (χ1v) is 7.21. The smallest absolute Gasteiger partial charge is 0.335 e. The molecule has 1 aromatic carbocycles. The normalized spacial score (nSPS) is 17.5. The minimum atomic E-state index is -0.887. The van der Waals surface area contributed by atoms with Crippen LogP contribution in [0, 0.1) is 0 Å². The largest absolute Gasteiger partial charge is 0.478 e. The first kappa shape index (κ1) is 13.8. The Bertz CT molecular complexity index is 646. The zero-order valence-electron chi connectivity index (χ0n) is 12.0. The molecule has 0 saturated heterocycles. The lowest BCUT2D eigenvalue weighted by Gasteiger charge is -2.22. The maximum Gasteiger partial charge on any atom is 0.335 e. The van der Waals surface area contributed by atoms with Crippen molar-refractivity contribution < 1.29 is 9.90 Å². The van der Waals surface area contributed by atoms with Gasteiger partial charge in [-0.3, -0.25) is 4.68 Å². The quantitative estimate of drug-likeness (QED) is 0.904. The van der Waals surface area contributed by atoms with Gasteiger partial charge >= 0.3 is 5.97 Å². The summed E-state index contributed by atoms with van der Waals surface area (Å²) >= 11 is 0. The fourth-order valence-electron chi connectivity index (χ4n) is 2.89. The second-order valence-corrected chi connectivity index (χ2v) is 5.53. The summed E-state index contributed by atoms with van der Waals surface area (Å²) in [6.45, 7) is 0.735. The van der Waals surface area contributed by atoms with Gasteiger partial charge in [0.25, 0.3) is 0 Å². The number of aromatic nitrogens is 2. The van der Waals surface area contributed by atoms with E-state index in [1.165, 1.54) is 11.3 Å². The van der Waals surface area contributed by atoms with Crippen LogP contribution < -0.4 is 5.32 Å². The molecule has 0 aliphatic heterocycles. The summed E-state index contributed by atoms with van der Waals surface area (Å²) in [4.78, 5) is 10.8. The van der Waals surface area contributed by atoms with Crippen LogP contribution in [0.5, 0.6) is 0 Å². The summed E-state index contributed by atoms with van der Waals surface area (Å²) in [6.07, 6.45) is 5.42. The number of nitrogens with zero attached hydrogens (tertiary/aromatic N) is 2. The summed E-state index contributed by atoms with van der Waals surface area (Å²) in [5, 5.41) is 17.0. The molecule has 0 bridgehead atoms. The highest BCUT2D eigenvalue weighted by molar-refractivity contribution is 5.87. The van der Waals surface area contributed by atoms with Gasteiger partial charge in [-0.15, -0.1) is 0 Å². The van der Waals surface area contributed by atoms with Crippen molar-refractivity contribution in [3.8, 4) is 0 Å². The average Bonchev–Trinajstić information content (AvgIpc) is 2.86. The van der Waals surface area contributed by atoms with Gasteiger partial charge in [0, 0.05) is 31.4 Å². The van der Waals surface area contributed by atoms with E-state index in [0.717, 1.165) is 31.4 Å². The van der Waals surface area contributed by atoms with E-state index in [1.807, 2.05) is 23.9 Å². The molecule has 1 aliphatic rings. The van der Waals surface area contributed by atoms with Crippen LogP contribution in [0.3, 0.4) is 0 Å². The number of carboxylic acid groups (broad SMARTS) is 1. The number of benzene rings is 1. The van der Waals surface area contributed by atoms with E-state index in [2.05, 4.69) is 16.6 Å². The molecule has 2 N–H and O–H groups in total. The Morgan fingerprint density at radius 3 is 2.90 bits per heavy atom. The highest BCUT2D eigenvalue weighted by Gasteiger charge is 2.22. The maximum absolute atomic E-state index is 10.8. The van der Waals surface area contributed by atoms with Gasteiger partial charge in [-0.25, -0.2) is 4.79 Å². The van der Waals surface area contributed by atoms with Crippen molar-refractivity contribution in [1.29, 1.82) is 0 Å². The van der Waals surface area contributed by atoms with Crippen LogP contribution in [0.2, 0.25) is 0 Å². The third kappa shape index (κ3) is 2.97. The molecular weight excluding hydrogens is 266 g/mol. The molecule has 110 valence electrons. The first-order valence-electron chi connectivity index (χ1n) is 7.21. The van der Waals surface area contributed by atoms with Crippen molar-refractivity contribution in [3.63, 3.8) is 0 Å². The van der Waals surface area contributed by atoms with E-state index < -0.39 is 5.97 Å². The number of rotatable bonds is 4. The van der Waals surface area contributed by atoms with Crippen LogP contribution in [0.4, 0.5) is 0 Å². The number of aryl methyl sites for hydroxylation is 2. The Hall–Kier alpha value is -2.14. The van der Waals surface area contributed by atoms with Gasteiger partial charge in [0.1, 0.15) is 0 Å². The lowest BCUT2D eigenvalue weighted by atomic mass is 9.93. The number of carbonyl (C=O) groups is 1. The first-order chi connectivity index (χ1) is 10.1. The summed E-state index contributed by atoms with van der Waals surface area (Å²) in [7, 11) is 1.96. The molecule has 1 heterocycles. The van der Waals surface area contributed by atoms with Gasteiger partial charge < -0.3 is 10.4 Å². The monoisotopic (exact) mass is 285 g/mol. The molecule has 1 unspecified atom stereocenters. The summed E-state index contributed by atoms with van der Waals surface area (Å²) in [5.74, 6) is -0.887. The molecule has 1 atom stereocenters. The van der Waals surface area contributed by atoms with Crippen molar-refractivity contribution in [1.82, 2.24) is 15.1 Å². The van der Waals surface area contributed by atoms with Gasteiger partial charge in [0.05, 0.1) is 11.3 Å². The fourth-order valence-corrected chi connectivity index (χ4v) is 2.89.